The van der Waals surface area contributed by atoms with Gasteiger partial charge in [0.05, 0.1) is 7.11 Å². The maximum atomic E-state index is 13.5. The number of carbonyl (C=O) groups is 1. The molecule has 0 aliphatic heterocycles. The molecule has 0 atom stereocenters. The summed E-state index contributed by atoms with van der Waals surface area (Å²) in [5, 5.41) is 0. The molecule has 0 saturated heterocycles. The van der Waals surface area contributed by atoms with E-state index in [1.165, 1.54) is 13.2 Å². The standard InChI is InChI=1S/C13H19FN2O2/c1-3-16(13(17)6-7-15)9-10-4-5-12(18-2)11(14)8-10/h4-5,8H,3,6-7,9,15H2,1-2H3. The van der Waals surface area contributed by atoms with E-state index in [4.69, 9.17) is 10.5 Å². The highest BCUT2D eigenvalue weighted by Crippen LogP contribution is 2.18. The molecule has 1 amide bonds. The Hall–Kier alpha value is -1.62. The first-order valence-corrected chi connectivity index (χ1v) is 5.92. The number of halogens is 1. The summed E-state index contributed by atoms with van der Waals surface area (Å²) in [6, 6.07) is 4.70. The molecular formula is C13H19FN2O2. The van der Waals surface area contributed by atoms with Gasteiger partial charge in [0.25, 0.3) is 0 Å². The van der Waals surface area contributed by atoms with Crippen molar-refractivity contribution in [2.45, 2.75) is 19.9 Å². The first-order valence-electron chi connectivity index (χ1n) is 5.92. The lowest BCUT2D eigenvalue weighted by Crippen LogP contribution is -2.31. The molecule has 1 aromatic rings. The molecule has 0 bridgehead atoms. The Labute approximate surface area is 107 Å². The number of ether oxygens (including phenoxy) is 1. The minimum atomic E-state index is -0.419. The van der Waals surface area contributed by atoms with Gasteiger partial charge >= 0.3 is 0 Å². The Balaban J connectivity index is 2.76. The van der Waals surface area contributed by atoms with Crippen LogP contribution in [-0.4, -0.2) is 31.0 Å². The van der Waals surface area contributed by atoms with Gasteiger partial charge in [-0.05, 0) is 24.6 Å². The van der Waals surface area contributed by atoms with Crippen LogP contribution < -0.4 is 10.5 Å². The Kier molecular flexibility index (Phi) is 5.58. The van der Waals surface area contributed by atoms with Crippen LogP contribution >= 0.6 is 0 Å². The van der Waals surface area contributed by atoms with Crippen LogP contribution in [0.4, 0.5) is 4.39 Å². The summed E-state index contributed by atoms with van der Waals surface area (Å²) in [6.45, 7) is 3.17. The fourth-order valence-corrected chi connectivity index (χ4v) is 1.69. The summed E-state index contributed by atoms with van der Waals surface area (Å²) in [5.41, 5.74) is 6.09. The molecule has 100 valence electrons. The van der Waals surface area contributed by atoms with Crippen molar-refractivity contribution in [2.75, 3.05) is 20.2 Å². The number of amides is 1. The SMILES string of the molecule is CCN(Cc1ccc(OC)c(F)c1)C(=O)CCN. The highest BCUT2D eigenvalue weighted by molar-refractivity contribution is 5.76. The number of benzene rings is 1. The second-order valence-corrected chi connectivity index (χ2v) is 3.92. The highest BCUT2D eigenvalue weighted by Gasteiger charge is 2.12. The van der Waals surface area contributed by atoms with Gasteiger partial charge in [-0.25, -0.2) is 4.39 Å². The Morgan fingerprint density at radius 2 is 2.22 bits per heavy atom. The lowest BCUT2D eigenvalue weighted by atomic mass is 10.2. The van der Waals surface area contributed by atoms with Gasteiger partial charge in [-0.3, -0.25) is 4.79 Å². The average Bonchev–Trinajstić information content (AvgIpc) is 2.36. The Bertz CT molecular complexity index is 410. The van der Waals surface area contributed by atoms with E-state index in [2.05, 4.69) is 0 Å². The van der Waals surface area contributed by atoms with Gasteiger partial charge < -0.3 is 15.4 Å². The van der Waals surface area contributed by atoms with Crippen LogP contribution in [0.15, 0.2) is 18.2 Å². The van der Waals surface area contributed by atoms with E-state index in [0.717, 1.165) is 5.56 Å². The molecule has 0 fully saturated rings. The summed E-state index contributed by atoms with van der Waals surface area (Å²) in [7, 11) is 1.42. The number of hydrogen-bond donors (Lipinski definition) is 1. The number of nitrogens with zero attached hydrogens (tertiary/aromatic N) is 1. The van der Waals surface area contributed by atoms with Crippen molar-refractivity contribution in [1.29, 1.82) is 0 Å². The van der Waals surface area contributed by atoms with E-state index in [1.54, 1.807) is 17.0 Å². The number of nitrogens with two attached hydrogens (primary N) is 1. The zero-order chi connectivity index (χ0) is 13.5. The van der Waals surface area contributed by atoms with Crippen molar-refractivity contribution >= 4 is 5.91 Å². The molecule has 0 radical (unpaired) electrons. The molecule has 0 aliphatic carbocycles. The number of hydrogen-bond acceptors (Lipinski definition) is 3. The molecule has 1 aromatic carbocycles. The third kappa shape index (κ3) is 3.70. The maximum absolute atomic E-state index is 13.5. The lowest BCUT2D eigenvalue weighted by molar-refractivity contribution is -0.131. The van der Waals surface area contributed by atoms with Crippen LogP contribution in [0, 0.1) is 5.82 Å². The highest BCUT2D eigenvalue weighted by atomic mass is 19.1. The second-order valence-electron chi connectivity index (χ2n) is 3.92. The van der Waals surface area contributed by atoms with E-state index < -0.39 is 5.82 Å². The van der Waals surface area contributed by atoms with Gasteiger partial charge in [-0.2, -0.15) is 0 Å². The van der Waals surface area contributed by atoms with Crippen molar-refractivity contribution in [1.82, 2.24) is 4.90 Å². The fraction of sp³-hybridized carbons (Fsp3) is 0.462. The van der Waals surface area contributed by atoms with E-state index in [9.17, 15) is 9.18 Å². The van der Waals surface area contributed by atoms with Crippen molar-refractivity contribution < 1.29 is 13.9 Å². The van der Waals surface area contributed by atoms with Gasteiger partial charge in [0.15, 0.2) is 11.6 Å². The molecule has 0 saturated carbocycles. The predicted octanol–water partition coefficient (Wildman–Crippen LogP) is 1.53. The van der Waals surface area contributed by atoms with Crippen molar-refractivity contribution in [3.8, 4) is 5.75 Å². The van der Waals surface area contributed by atoms with Crippen LogP contribution in [-0.2, 0) is 11.3 Å². The summed E-state index contributed by atoms with van der Waals surface area (Å²) < 4.78 is 18.4. The molecule has 0 aromatic heterocycles. The smallest absolute Gasteiger partial charge is 0.224 e. The van der Waals surface area contributed by atoms with Gasteiger partial charge in [-0.15, -0.1) is 0 Å². The normalized spacial score (nSPS) is 10.2. The van der Waals surface area contributed by atoms with E-state index in [1.807, 2.05) is 6.92 Å². The second kappa shape index (κ2) is 6.96. The molecule has 4 nitrogen and oxygen atoms in total. The minimum absolute atomic E-state index is 0.0174. The predicted molar refractivity (Wildman–Crippen MR) is 67.7 cm³/mol. The number of methoxy groups -OCH3 is 1. The largest absolute Gasteiger partial charge is 0.494 e. The zero-order valence-corrected chi connectivity index (χ0v) is 10.8. The molecule has 0 spiro atoms. The quantitative estimate of drug-likeness (QED) is 0.837. The molecule has 5 heteroatoms. The monoisotopic (exact) mass is 254 g/mol. The van der Waals surface area contributed by atoms with Crippen molar-refractivity contribution in [3.05, 3.63) is 29.6 Å². The molecule has 1 rings (SSSR count). The van der Waals surface area contributed by atoms with E-state index >= 15 is 0 Å². The van der Waals surface area contributed by atoms with E-state index in [0.29, 0.717) is 26.1 Å². The first-order chi connectivity index (χ1) is 8.62. The van der Waals surface area contributed by atoms with Crippen LogP contribution in [0.1, 0.15) is 18.9 Å². The molecular weight excluding hydrogens is 235 g/mol. The Morgan fingerprint density at radius 3 is 2.72 bits per heavy atom. The maximum Gasteiger partial charge on any atom is 0.224 e. The topological polar surface area (TPSA) is 55.6 Å². The lowest BCUT2D eigenvalue weighted by Gasteiger charge is -2.21. The molecule has 0 aliphatic rings. The molecule has 0 unspecified atom stereocenters. The van der Waals surface area contributed by atoms with Crippen molar-refractivity contribution in [2.24, 2.45) is 5.73 Å². The number of carbonyl (C=O) groups excluding carboxylic acids is 1. The van der Waals surface area contributed by atoms with Crippen LogP contribution in [0.25, 0.3) is 0 Å². The fourth-order valence-electron chi connectivity index (χ4n) is 1.69. The summed E-state index contributed by atoms with van der Waals surface area (Å²) in [5.74, 6) is -0.233. The van der Waals surface area contributed by atoms with Crippen molar-refractivity contribution in [3.63, 3.8) is 0 Å². The molecule has 0 heterocycles. The summed E-state index contributed by atoms with van der Waals surface area (Å²) >= 11 is 0. The van der Waals surface area contributed by atoms with Gasteiger partial charge in [0, 0.05) is 26.1 Å². The van der Waals surface area contributed by atoms with Gasteiger partial charge in [0.1, 0.15) is 0 Å². The van der Waals surface area contributed by atoms with E-state index in [-0.39, 0.29) is 11.7 Å². The summed E-state index contributed by atoms with van der Waals surface area (Å²) in [6.07, 6.45) is 0.312. The zero-order valence-electron chi connectivity index (χ0n) is 10.8. The number of rotatable bonds is 6. The van der Waals surface area contributed by atoms with Crippen LogP contribution in [0.5, 0.6) is 5.75 Å². The van der Waals surface area contributed by atoms with Crippen LogP contribution in [0.2, 0.25) is 0 Å². The average molecular weight is 254 g/mol. The van der Waals surface area contributed by atoms with Gasteiger partial charge in [0.2, 0.25) is 5.91 Å². The molecule has 18 heavy (non-hydrogen) atoms. The van der Waals surface area contributed by atoms with Crippen LogP contribution in [0.3, 0.4) is 0 Å². The van der Waals surface area contributed by atoms with Gasteiger partial charge in [-0.1, -0.05) is 6.07 Å². The third-order valence-electron chi connectivity index (χ3n) is 2.68. The minimum Gasteiger partial charge on any atom is -0.494 e. The first kappa shape index (κ1) is 14.4. The Morgan fingerprint density at radius 1 is 1.50 bits per heavy atom. The summed E-state index contributed by atoms with van der Waals surface area (Å²) in [4.78, 5) is 13.4. The molecule has 2 N–H and O–H groups in total. The third-order valence-corrected chi connectivity index (χ3v) is 2.68.